The molecule has 11 heteroatoms. The summed E-state index contributed by atoms with van der Waals surface area (Å²) in [6, 6.07) is 4.67. The Kier molecular flexibility index (Phi) is 6.16. The molecule has 0 spiro atoms. The van der Waals surface area contributed by atoms with Crippen LogP contribution in [0, 0.1) is 5.92 Å². The normalized spacial score (nSPS) is 27.0. The van der Waals surface area contributed by atoms with Crippen molar-refractivity contribution in [3.05, 3.63) is 46.9 Å². The third-order valence-corrected chi connectivity index (χ3v) is 6.06. The number of fused-ring (bicyclic) bond motifs is 1. The van der Waals surface area contributed by atoms with Gasteiger partial charge in [0, 0.05) is 22.7 Å². The summed E-state index contributed by atoms with van der Waals surface area (Å²) < 4.78 is 31.1. The number of hydrogen-bond donors (Lipinski definition) is 2. The smallest absolute Gasteiger partial charge is 0.283 e. The van der Waals surface area contributed by atoms with Crippen LogP contribution in [-0.2, 0) is 15.0 Å². The Bertz CT molecular complexity index is 1040. The fraction of sp³-hybridized carbons (Fsp3) is 0.429. The lowest BCUT2D eigenvalue weighted by Gasteiger charge is -2.47. The zero-order chi connectivity index (χ0) is 22.9. The monoisotopic (exact) mass is 463 g/mol. The summed E-state index contributed by atoms with van der Waals surface area (Å²) in [5, 5.41) is 3.02. The molecule has 1 aromatic heterocycles. The molecule has 170 valence electrons. The number of nitrogens with zero attached hydrogens (tertiary/aromatic N) is 3. The van der Waals surface area contributed by atoms with Crippen molar-refractivity contribution in [2.45, 2.75) is 31.1 Å². The Balaban J connectivity index is 1.67. The minimum atomic E-state index is -1.40. The standard InChI is InChI=1S/C21H23ClFN5O4/c1-11-5-17-14(9-31-11)21(10-23,28-20(24)32-17)13-6-12(3-4-15(13)22)27-19(29)16-7-26-18(30-2)8-25-16/h3-4,6-8,11,14,17H,5,9-10H2,1-2H3,(H2,24,28)(H,27,29)/t11-,14+,17-,21-/m1/s1. The summed E-state index contributed by atoms with van der Waals surface area (Å²) in [6.45, 7) is 1.29. The molecule has 9 nitrogen and oxygen atoms in total. The van der Waals surface area contributed by atoms with Gasteiger partial charge in [0.1, 0.15) is 24.0 Å². The van der Waals surface area contributed by atoms with Crippen LogP contribution in [0.2, 0.25) is 5.02 Å². The van der Waals surface area contributed by atoms with E-state index in [0.29, 0.717) is 22.7 Å². The van der Waals surface area contributed by atoms with Crippen LogP contribution in [0.3, 0.4) is 0 Å². The Hall–Kier alpha value is -2.98. The first-order chi connectivity index (χ1) is 15.4. The molecule has 3 N–H and O–H groups in total. The lowest BCUT2D eigenvalue weighted by atomic mass is 9.73. The van der Waals surface area contributed by atoms with E-state index >= 15 is 0 Å². The number of hydrogen-bond acceptors (Lipinski definition) is 8. The van der Waals surface area contributed by atoms with Crippen LogP contribution in [0.15, 0.2) is 35.6 Å². The van der Waals surface area contributed by atoms with Gasteiger partial charge in [-0.15, -0.1) is 0 Å². The molecule has 2 aliphatic heterocycles. The predicted molar refractivity (Wildman–Crippen MR) is 116 cm³/mol. The van der Waals surface area contributed by atoms with Crippen molar-refractivity contribution in [2.75, 3.05) is 25.7 Å². The molecule has 4 rings (SSSR count). The lowest BCUT2D eigenvalue weighted by molar-refractivity contribution is -0.109. The van der Waals surface area contributed by atoms with E-state index in [1.54, 1.807) is 18.2 Å². The van der Waals surface area contributed by atoms with Gasteiger partial charge in [0.15, 0.2) is 0 Å². The second kappa shape index (κ2) is 8.87. The third kappa shape index (κ3) is 4.07. The van der Waals surface area contributed by atoms with Gasteiger partial charge in [-0.3, -0.25) is 4.79 Å². The molecule has 0 saturated carbocycles. The Labute approximate surface area is 189 Å². The first-order valence-electron chi connectivity index (χ1n) is 10.0. The van der Waals surface area contributed by atoms with Crippen LogP contribution in [-0.4, -0.2) is 54.5 Å². The van der Waals surface area contributed by atoms with Crippen molar-refractivity contribution in [3.8, 4) is 5.88 Å². The first-order valence-corrected chi connectivity index (χ1v) is 10.4. The van der Waals surface area contributed by atoms with E-state index in [9.17, 15) is 9.18 Å². The molecular weight excluding hydrogens is 441 g/mol. The van der Waals surface area contributed by atoms with Crippen molar-refractivity contribution in [1.82, 2.24) is 9.97 Å². The van der Waals surface area contributed by atoms with Gasteiger partial charge in [0.05, 0.1) is 38.1 Å². The van der Waals surface area contributed by atoms with Crippen molar-refractivity contribution >= 4 is 29.2 Å². The number of aromatic nitrogens is 2. The molecule has 0 radical (unpaired) electrons. The molecule has 3 heterocycles. The highest BCUT2D eigenvalue weighted by atomic mass is 35.5. The van der Waals surface area contributed by atoms with Crippen molar-refractivity contribution in [1.29, 1.82) is 0 Å². The summed E-state index contributed by atoms with van der Waals surface area (Å²) in [7, 11) is 1.45. The van der Waals surface area contributed by atoms with Gasteiger partial charge in [-0.2, -0.15) is 0 Å². The first kappa shape index (κ1) is 22.2. The number of rotatable bonds is 5. The van der Waals surface area contributed by atoms with Crippen molar-refractivity contribution in [2.24, 2.45) is 16.6 Å². The van der Waals surface area contributed by atoms with Crippen LogP contribution < -0.4 is 15.8 Å². The zero-order valence-corrected chi connectivity index (χ0v) is 18.3. The summed E-state index contributed by atoms with van der Waals surface area (Å²) in [5.41, 5.74) is 5.40. The number of anilines is 1. The van der Waals surface area contributed by atoms with Crippen molar-refractivity contribution in [3.63, 3.8) is 0 Å². The van der Waals surface area contributed by atoms with E-state index in [2.05, 4.69) is 20.3 Å². The number of benzene rings is 1. The molecule has 2 aliphatic rings. The highest BCUT2D eigenvalue weighted by molar-refractivity contribution is 6.31. The average molecular weight is 464 g/mol. The minimum absolute atomic E-state index is 0.0499. The van der Waals surface area contributed by atoms with Crippen LogP contribution in [0.1, 0.15) is 29.4 Å². The second-order valence-electron chi connectivity index (χ2n) is 7.74. The molecule has 1 amide bonds. The number of nitrogens with one attached hydrogen (secondary N) is 1. The Morgan fingerprint density at radius 3 is 2.91 bits per heavy atom. The van der Waals surface area contributed by atoms with E-state index in [1.807, 2.05) is 6.92 Å². The van der Waals surface area contributed by atoms with E-state index < -0.39 is 24.0 Å². The molecule has 32 heavy (non-hydrogen) atoms. The fourth-order valence-electron chi connectivity index (χ4n) is 4.10. The van der Waals surface area contributed by atoms with E-state index in [4.69, 9.17) is 31.5 Å². The predicted octanol–water partition coefficient (Wildman–Crippen LogP) is 2.69. The van der Waals surface area contributed by atoms with Gasteiger partial charge in [-0.25, -0.2) is 19.4 Å². The van der Waals surface area contributed by atoms with Crippen LogP contribution >= 0.6 is 11.6 Å². The minimum Gasteiger partial charge on any atom is -0.480 e. The Morgan fingerprint density at radius 1 is 1.41 bits per heavy atom. The number of halogens is 2. The average Bonchev–Trinajstić information content (AvgIpc) is 2.79. The zero-order valence-electron chi connectivity index (χ0n) is 17.5. The highest BCUT2D eigenvalue weighted by Gasteiger charge is 2.52. The Morgan fingerprint density at radius 2 is 2.22 bits per heavy atom. The maximum absolute atomic E-state index is 14.7. The molecule has 0 unspecified atom stereocenters. The van der Waals surface area contributed by atoms with E-state index in [1.165, 1.54) is 19.5 Å². The highest BCUT2D eigenvalue weighted by Crippen LogP contribution is 2.46. The second-order valence-corrected chi connectivity index (χ2v) is 8.15. The van der Waals surface area contributed by atoms with Gasteiger partial charge in [0.2, 0.25) is 5.88 Å². The van der Waals surface area contributed by atoms with Gasteiger partial charge in [-0.05, 0) is 25.1 Å². The summed E-state index contributed by atoms with van der Waals surface area (Å²) in [5.74, 6) is -0.647. The van der Waals surface area contributed by atoms with E-state index in [-0.39, 0.29) is 36.4 Å². The topological polar surface area (TPSA) is 121 Å². The molecular formula is C21H23ClFN5O4. The number of aliphatic imine (C=N–C) groups is 1. The quantitative estimate of drug-likeness (QED) is 0.699. The molecule has 1 aromatic carbocycles. The van der Waals surface area contributed by atoms with Crippen LogP contribution in [0.5, 0.6) is 5.88 Å². The summed E-state index contributed by atoms with van der Waals surface area (Å²) >= 11 is 6.49. The SMILES string of the molecule is COc1cnc(C(=O)Nc2ccc(Cl)c([C@@]3(CF)N=C(N)O[C@@H]4C[C@@H](C)OC[C@@H]43)c2)cn1. The lowest BCUT2D eigenvalue weighted by Crippen LogP contribution is -2.55. The van der Waals surface area contributed by atoms with Gasteiger partial charge < -0.3 is 25.3 Å². The maximum atomic E-state index is 14.7. The largest absolute Gasteiger partial charge is 0.480 e. The molecule has 0 bridgehead atoms. The molecule has 1 saturated heterocycles. The number of carbonyl (C=O) groups excluding carboxylic acids is 1. The number of nitrogens with two attached hydrogens (primary N) is 1. The van der Waals surface area contributed by atoms with Crippen LogP contribution in [0.25, 0.3) is 0 Å². The van der Waals surface area contributed by atoms with Gasteiger partial charge in [0.25, 0.3) is 11.9 Å². The number of alkyl halides is 1. The number of carbonyl (C=O) groups is 1. The number of amidine groups is 1. The van der Waals surface area contributed by atoms with Crippen molar-refractivity contribution < 1.29 is 23.4 Å². The maximum Gasteiger partial charge on any atom is 0.283 e. The summed E-state index contributed by atoms with van der Waals surface area (Å²) in [4.78, 5) is 24.9. The molecule has 2 aromatic rings. The van der Waals surface area contributed by atoms with E-state index in [0.717, 1.165) is 0 Å². The number of methoxy groups -OCH3 is 1. The van der Waals surface area contributed by atoms with Gasteiger partial charge in [-0.1, -0.05) is 11.6 Å². The third-order valence-electron chi connectivity index (χ3n) is 5.73. The molecule has 4 atom stereocenters. The number of amides is 1. The summed E-state index contributed by atoms with van der Waals surface area (Å²) in [6.07, 6.45) is 2.77. The van der Waals surface area contributed by atoms with Crippen LogP contribution in [0.4, 0.5) is 10.1 Å². The molecule has 1 fully saturated rings. The van der Waals surface area contributed by atoms with Gasteiger partial charge >= 0.3 is 0 Å². The molecule has 0 aliphatic carbocycles. The number of ether oxygens (including phenoxy) is 3. The fourth-order valence-corrected chi connectivity index (χ4v) is 4.38.